The van der Waals surface area contributed by atoms with Gasteiger partial charge in [0.25, 0.3) is 5.91 Å². The molecule has 3 rings (SSSR count). The van der Waals surface area contributed by atoms with Crippen molar-refractivity contribution >= 4 is 23.6 Å². The minimum absolute atomic E-state index is 0.00808. The van der Waals surface area contributed by atoms with E-state index in [4.69, 9.17) is 10.5 Å². The number of nitrogens with two attached hydrogens (primary N) is 1. The summed E-state index contributed by atoms with van der Waals surface area (Å²) in [7, 11) is 0. The van der Waals surface area contributed by atoms with E-state index in [9.17, 15) is 9.59 Å². The third-order valence-corrected chi connectivity index (χ3v) is 6.08. The summed E-state index contributed by atoms with van der Waals surface area (Å²) in [5.74, 6) is -0.166. The molecule has 2 aromatic rings. The zero-order valence-electron chi connectivity index (χ0n) is 19.1. The van der Waals surface area contributed by atoms with Gasteiger partial charge in [-0.05, 0) is 54.2 Å². The molecule has 1 saturated heterocycles. The highest BCUT2D eigenvalue weighted by Gasteiger charge is 2.20. The number of nitrogens with zero attached hydrogens (tertiary/aromatic N) is 1. The summed E-state index contributed by atoms with van der Waals surface area (Å²) < 4.78 is 5.31. The highest BCUT2D eigenvalue weighted by atomic mass is 32.2. The van der Waals surface area contributed by atoms with Crippen molar-refractivity contribution in [2.24, 2.45) is 5.73 Å². The molecule has 2 aromatic carbocycles. The summed E-state index contributed by atoms with van der Waals surface area (Å²) in [5, 5.41) is 5.07. The molecule has 1 aliphatic heterocycles. The first-order valence-corrected chi connectivity index (χ1v) is 12.6. The van der Waals surface area contributed by atoms with Crippen LogP contribution in [0.5, 0.6) is 0 Å². The Morgan fingerprint density at radius 2 is 1.79 bits per heavy atom. The van der Waals surface area contributed by atoms with Gasteiger partial charge in [0.2, 0.25) is 5.91 Å². The van der Waals surface area contributed by atoms with Gasteiger partial charge in [-0.1, -0.05) is 48.5 Å². The minimum Gasteiger partial charge on any atom is -0.378 e. The molecular formula is C26H33N3O3S. The first-order valence-electron chi connectivity index (χ1n) is 11.3. The van der Waals surface area contributed by atoms with Crippen LogP contribution in [0.3, 0.4) is 0 Å². The third-order valence-electron chi connectivity index (χ3n) is 5.65. The van der Waals surface area contributed by atoms with E-state index in [1.807, 2.05) is 60.2 Å². The number of morpholine rings is 1. The molecule has 0 spiro atoms. The van der Waals surface area contributed by atoms with Crippen LogP contribution in [0, 0.1) is 0 Å². The molecule has 3 N–H and O–H groups in total. The van der Waals surface area contributed by atoms with Gasteiger partial charge in [-0.3, -0.25) is 9.59 Å². The van der Waals surface area contributed by atoms with Gasteiger partial charge in [0.1, 0.15) is 0 Å². The van der Waals surface area contributed by atoms with Crippen molar-refractivity contribution < 1.29 is 14.3 Å². The lowest BCUT2D eigenvalue weighted by Crippen LogP contribution is -2.46. The number of nitrogens with one attached hydrogen (secondary N) is 1. The Labute approximate surface area is 200 Å². The molecule has 1 fully saturated rings. The van der Waals surface area contributed by atoms with Crippen LogP contribution in [-0.2, 0) is 22.4 Å². The normalized spacial score (nSPS) is 15.9. The third kappa shape index (κ3) is 8.03. The second-order valence-corrected chi connectivity index (χ2v) is 8.86. The second-order valence-electron chi connectivity index (χ2n) is 8.12. The Hall–Kier alpha value is -2.61. The Balaban J connectivity index is 1.53. The van der Waals surface area contributed by atoms with Crippen molar-refractivity contribution in [1.82, 2.24) is 10.2 Å². The monoisotopic (exact) mass is 467 g/mol. The van der Waals surface area contributed by atoms with Crippen molar-refractivity contribution in [3.63, 3.8) is 0 Å². The number of thioether (sulfide) groups is 1. The minimum atomic E-state index is -0.660. The van der Waals surface area contributed by atoms with E-state index in [2.05, 4.69) is 17.4 Å². The van der Waals surface area contributed by atoms with Gasteiger partial charge in [-0.15, -0.1) is 11.8 Å². The standard InChI is InChI=1S/C26H33N3O3S/c1-33-18-13-23(12-9-20-5-3-2-4-6-20)28-25(30)24(27)19-21-7-10-22(11-8-21)26(31)29-14-16-32-17-15-29/h2-8,10-11,13,18,23-24H,9,12,14-17,19,27H2,1H3,(H,28,30)/b18-13+/t23-,24-/m0/s1. The van der Waals surface area contributed by atoms with Crippen LogP contribution in [0.4, 0.5) is 0 Å². The highest BCUT2D eigenvalue weighted by Crippen LogP contribution is 2.12. The number of hydrogen-bond acceptors (Lipinski definition) is 5. The maximum absolute atomic E-state index is 12.8. The maximum Gasteiger partial charge on any atom is 0.254 e. The van der Waals surface area contributed by atoms with E-state index in [0.717, 1.165) is 18.4 Å². The molecule has 1 aliphatic rings. The molecular weight excluding hydrogens is 434 g/mol. The van der Waals surface area contributed by atoms with E-state index >= 15 is 0 Å². The Morgan fingerprint density at radius 3 is 2.45 bits per heavy atom. The van der Waals surface area contributed by atoms with Crippen LogP contribution in [0.15, 0.2) is 66.1 Å². The van der Waals surface area contributed by atoms with Crippen LogP contribution in [0.2, 0.25) is 0 Å². The molecule has 0 aliphatic carbocycles. The molecule has 176 valence electrons. The number of amides is 2. The first-order chi connectivity index (χ1) is 16.1. The lowest BCUT2D eigenvalue weighted by molar-refractivity contribution is -0.122. The summed E-state index contributed by atoms with van der Waals surface area (Å²) in [6.07, 6.45) is 6.10. The maximum atomic E-state index is 12.8. The fourth-order valence-electron chi connectivity index (χ4n) is 3.73. The van der Waals surface area contributed by atoms with Crippen LogP contribution in [-0.4, -0.2) is 61.4 Å². The van der Waals surface area contributed by atoms with Crippen LogP contribution in [0.25, 0.3) is 0 Å². The van der Waals surface area contributed by atoms with Crippen molar-refractivity contribution in [2.45, 2.75) is 31.3 Å². The number of hydrogen-bond donors (Lipinski definition) is 2. The fraction of sp³-hybridized carbons (Fsp3) is 0.385. The average Bonchev–Trinajstić information content (AvgIpc) is 2.86. The van der Waals surface area contributed by atoms with Crippen molar-refractivity contribution in [1.29, 1.82) is 0 Å². The first kappa shape index (κ1) is 25.0. The summed E-state index contributed by atoms with van der Waals surface area (Å²) in [4.78, 5) is 27.2. The van der Waals surface area contributed by atoms with E-state index < -0.39 is 6.04 Å². The molecule has 6 nitrogen and oxygen atoms in total. The summed E-state index contributed by atoms with van der Waals surface area (Å²) in [6, 6.07) is 16.9. The van der Waals surface area contributed by atoms with E-state index in [0.29, 0.717) is 38.3 Å². The molecule has 0 saturated carbocycles. The van der Waals surface area contributed by atoms with Crippen molar-refractivity contribution in [3.05, 3.63) is 82.8 Å². The summed E-state index contributed by atoms with van der Waals surface area (Å²) in [6.45, 7) is 2.38. The molecule has 0 aromatic heterocycles. The summed E-state index contributed by atoms with van der Waals surface area (Å²) in [5.41, 5.74) is 9.03. The Morgan fingerprint density at radius 1 is 1.09 bits per heavy atom. The van der Waals surface area contributed by atoms with Gasteiger partial charge < -0.3 is 20.7 Å². The second kappa shape index (κ2) is 13.2. The number of rotatable bonds is 10. The molecule has 7 heteroatoms. The van der Waals surface area contributed by atoms with Crippen molar-refractivity contribution in [2.75, 3.05) is 32.6 Å². The highest BCUT2D eigenvalue weighted by molar-refractivity contribution is 8.01. The average molecular weight is 468 g/mol. The molecule has 2 atom stereocenters. The number of benzene rings is 2. The Kier molecular flexibility index (Phi) is 10.00. The summed E-state index contributed by atoms with van der Waals surface area (Å²) >= 11 is 1.60. The zero-order chi connectivity index (χ0) is 23.5. The quantitative estimate of drug-likeness (QED) is 0.561. The molecule has 1 heterocycles. The van der Waals surface area contributed by atoms with Crippen molar-refractivity contribution in [3.8, 4) is 0 Å². The number of carbonyl (C=O) groups is 2. The van der Waals surface area contributed by atoms with E-state index in [1.165, 1.54) is 5.56 Å². The van der Waals surface area contributed by atoms with Crippen LogP contribution in [0.1, 0.15) is 27.9 Å². The molecule has 0 bridgehead atoms. The van der Waals surface area contributed by atoms with Crippen LogP contribution < -0.4 is 11.1 Å². The van der Waals surface area contributed by atoms with Gasteiger partial charge in [0.05, 0.1) is 19.3 Å². The van der Waals surface area contributed by atoms with Gasteiger partial charge in [0.15, 0.2) is 0 Å². The van der Waals surface area contributed by atoms with Gasteiger partial charge in [0, 0.05) is 24.7 Å². The van der Waals surface area contributed by atoms with Gasteiger partial charge in [-0.2, -0.15) is 0 Å². The number of ether oxygens (including phenoxy) is 1. The SMILES string of the molecule is CS/C=C/[C@H](CCc1ccccc1)NC(=O)[C@@H](N)Cc1ccc(C(=O)N2CCOCC2)cc1. The largest absolute Gasteiger partial charge is 0.378 e. The Bertz CT molecular complexity index is 912. The smallest absolute Gasteiger partial charge is 0.254 e. The predicted molar refractivity (Wildman–Crippen MR) is 134 cm³/mol. The topological polar surface area (TPSA) is 84.7 Å². The van der Waals surface area contributed by atoms with E-state index in [1.54, 1.807) is 16.7 Å². The molecule has 0 radical (unpaired) electrons. The number of aryl methyl sites for hydroxylation is 1. The molecule has 2 amide bonds. The van der Waals surface area contributed by atoms with E-state index in [-0.39, 0.29) is 17.9 Å². The lowest BCUT2D eigenvalue weighted by Gasteiger charge is -2.26. The molecule has 33 heavy (non-hydrogen) atoms. The fourth-order valence-corrected chi connectivity index (χ4v) is 4.07. The van der Waals surface area contributed by atoms with Gasteiger partial charge >= 0.3 is 0 Å². The lowest BCUT2D eigenvalue weighted by atomic mass is 10.0. The molecule has 0 unspecified atom stereocenters. The number of carbonyl (C=O) groups excluding carboxylic acids is 2. The zero-order valence-corrected chi connectivity index (χ0v) is 19.9. The van der Waals surface area contributed by atoms with Crippen LogP contribution >= 0.6 is 11.8 Å². The van der Waals surface area contributed by atoms with Gasteiger partial charge in [-0.25, -0.2) is 0 Å². The predicted octanol–water partition coefficient (Wildman–Crippen LogP) is 3.02.